The summed E-state index contributed by atoms with van der Waals surface area (Å²) in [5.41, 5.74) is 1.78. The van der Waals surface area contributed by atoms with Gasteiger partial charge in [-0.25, -0.2) is 0 Å². The lowest BCUT2D eigenvalue weighted by molar-refractivity contribution is -0.126. The molecule has 2 N–H and O–H groups in total. The Balaban J connectivity index is 1.64. The highest BCUT2D eigenvalue weighted by Gasteiger charge is 2.12. The van der Waals surface area contributed by atoms with Gasteiger partial charge in [-0.05, 0) is 24.6 Å². The van der Waals surface area contributed by atoms with Crippen LogP contribution in [-0.2, 0) is 14.3 Å². The Labute approximate surface area is 130 Å². The maximum atomic E-state index is 11.8. The molecule has 2 rings (SSSR count). The zero-order valence-electron chi connectivity index (χ0n) is 12.9. The highest BCUT2D eigenvalue weighted by atomic mass is 16.5. The van der Waals surface area contributed by atoms with E-state index in [2.05, 4.69) is 15.5 Å². The van der Waals surface area contributed by atoms with Crippen molar-refractivity contribution in [2.24, 2.45) is 0 Å². The number of carbonyl (C=O) groups is 2. The Bertz CT molecular complexity index is 513. The zero-order chi connectivity index (χ0) is 15.8. The van der Waals surface area contributed by atoms with Crippen LogP contribution in [0.3, 0.4) is 0 Å². The van der Waals surface area contributed by atoms with Crippen LogP contribution in [0.25, 0.3) is 0 Å². The van der Waals surface area contributed by atoms with Crippen LogP contribution in [0.5, 0.6) is 0 Å². The summed E-state index contributed by atoms with van der Waals surface area (Å²) in [6.07, 6.45) is -0.156. The third-order valence-corrected chi connectivity index (χ3v) is 3.48. The highest BCUT2D eigenvalue weighted by Crippen LogP contribution is 2.09. The second kappa shape index (κ2) is 8.51. The predicted octanol–water partition coefficient (Wildman–Crippen LogP) is 0.772. The van der Waals surface area contributed by atoms with Crippen molar-refractivity contribution in [3.63, 3.8) is 0 Å². The molecule has 2 amide bonds. The van der Waals surface area contributed by atoms with E-state index in [4.69, 9.17) is 4.74 Å². The van der Waals surface area contributed by atoms with Crippen LogP contribution in [0.4, 0.5) is 5.69 Å². The van der Waals surface area contributed by atoms with Gasteiger partial charge in [0.15, 0.2) is 0 Å². The Hall–Kier alpha value is -1.92. The Morgan fingerprint density at radius 3 is 2.73 bits per heavy atom. The average molecular weight is 305 g/mol. The molecule has 6 nitrogen and oxygen atoms in total. The van der Waals surface area contributed by atoms with E-state index in [-0.39, 0.29) is 18.2 Å². The second-order valence-electron chi connectivity index (χ2n) is 5.40. The number of anilines is 1. The Morgan fingerprint density at radius 1 is 1.23 bits per heavy atom. The molecule has 0 radical (unpaired) electrons. The van der Waals surface area contributed by atoms with Gasteiger partial charge in [-0.2, -0.15) is 0 Å². The SMILES string of the molecule is Cc1cccc(NC(=O)CC(=O)NCCN2CCOCC2)c1. The fourth-order valence-corrected chi connectivity index (χ4v) is 2.31. The summed E-state index contributed by atoms with van der Waals surface area (Å²) in [6, 6.07) is 7.50. The molecule has 0 spiro atoms. The van der Waals surface area contributed by atoms with Gasteiger partial charge in [-0.3, -0.25) is 14.5 Å². The van der Waals surface area contributed by atoms with Gasteiger partial charge >= 0.3 is 0 Å². The summed E-state index contributed by atoms with van der Waals surface area (Å²) in [7, 11) is 0. The fraction of sp³-hybridized carbons (Fsp3) is 0.500. The van der Waals surface area contributed by atoms with E-state index in [1.165, 1.54) is 0 Å². The first kappa shape index (κ1) is 16.5. The van der Waals surface area contributed by atoms with Crippen LogP contribution < -0.4 is 10.6 Å². The van der Waals surface area contributed by atoms with E-state index in [0.29, 0.717) is 12.2 Å². The maximum Gasteiger partial charge on any atom is 0.233 e. The van der Waals surface area contributed by atoms with Crippen LogP contribution in [0, 0.1) is 6.92 Å². The van der Waals surface area contributed by atoms with E-state index in [9.17, 15) is 9.59 Å². The third kappa shape index (κ3) is 5.83. The van der Waals surface area contributed by atoms with Crippen LogP contribution >= 0.6 is 0 Å². The summed E-state index contributed by atoms with van der Waals surface area (Å²) < 4.78 is 5.26. The number of nitrogens with one attached hydrogen (secondary N) is 2. The number of rotatable bonds is 6. The number of carbonyl (C=O) groups excluding carboxylic acids is 2. The molecule has 22 heavy (non-hydrogen) atoms. The molecule has 0 aromatic heterocycles. The molecule has 0 saturated carbocycles. The minimum atomic E-state index is -0.297. The maximum absolute atomic E-state index is 11.8. The Morgan fingerprint density at radius 2 is 2.00 bits per heavy atom. The van der Waals surface area contributed by atoms with E-state index in [1.54, 1.807) is 6.07 Å². The minimum Gasteiger partial charge on any atom is -0.379 e. The summed E-state index contributed by atoms with van der Waals surface area (Å²) in [6.45, 7) is 6.56. The molecule has 1 fully saturated rings. The van der Waals surface area contributed by atoms with Gasteiger partial charge in [-0.1, -0.05) is 12.1 Å². The monoisotopic (exact) mass is 305 g/mol. The van der Waals surface area contributed by atoms with Crippen LogP contribution in [0.2, 0.25) is 0 Å². The number of ether oxygens (including phenoxy) is 1. The van der Waals surface area contributed by atoms with Gasteiger partial charge in [0.05, 0.1) is 13.2 Å². The molecule has 1 aromatic rings. The third-order valence-electron chi connectivity index (χ3n) is 3.48. The average Bonchev–Trinajstić information content (AvgIpc) is 2.48. The fourth-order valence-electron chi connectivity index (χ4n) is 2.31. The standard InChI is InChI=1S/C16H23N3O3/c1-13-3-2-4-14(11-13)18-16(21)12-15(20)17-5-6-19-7-9-22-10-8-19/h2-4,11H,5-10,12H2,1H3,(H,17,20)(H,18,21). The van der Waals surface area contributed by atoms with Crippen LogP contribution in [-0.4, -0.2) is 56.1 Å². The van der Waals surface area contributed by atoms with Gasteiger partial charge in [0.1, 0.15) is 6.42 Å². The second-order valence-corrected chi connectivity index (χ2v) is 5.40. The molecule has 0 aliphatic carbocycles. The highest BCUT2D eigenvalue weighted by molar-refractivity contribution is 6.03. The van der Waals surface area contributed by atoms with Crippen molar-refractivity contribution >= 4 is 17.5 Å². The first-order valence-electron chi connectivity index (χ1n) is 7.57. The summed E-state index contributed by atoms with van der Waals surface area (Å²) in [5.74, 6) is -0.548. The van der Waals surface area contributed by atoms with Crippen molar-refractivity contribution in [1.82, 2.24) is 10.2 Å². The lowest BCUT2D eigenvalue weighted by atomic mass is 10.2. The van der Waals surface area contributed by atoms with Crippen molar-refractivity contribution in [3.05, 3.63) is 29.8 Å². The number of hydrogen-bond acceptors (Lipinski definition) is 4. The number of aryl methyl sites for hydroxylation is 1. The summed E-state index contributed by atoms with van der Waals surface area (Å²) in [4.78, 5) is 25.8. The van der Waals surface area contributed by atoms with E-state index >= 15 is 0 Å². The van der Waals surface area contributed by atoms with Gasteiger partial charge in [0.2, 0.25) is 11.8 Å². The number of morpholine rings is 1. The van der Waals surface area contributed by atoms with Crippen molar-refractivity contribution < 1.29 is 14.3 Å². The lowest BCUT2D eigenvalue weighted by Gasteiger charge is -2.26. The molecule has 0 atom stereocenters. The van der Waals surface area contributed by atoms with Crippen LogP contribution in [0.15, 0.2) is 24.3 Å². The molecule has 1 aliphatic heterocycles. The Kier molecular flexibility index (Phi) is 6.36. The van der Waals surface area contributed by atoms with E-state index in [1.807, 2.05) is 25.1 Å². The predicted molar refractivity (Wildman–Crippen MR) is 84.7 cm³/mol. The first-order chi connectivity index (χ1) is 10.6. The minimum absolute atomic E-state index is 0.156. The molecule has 1 saturated heterocycles. The van der Waals surface area contributed by atoms with E-state index in [0.717, 1.165) is 38.4 Å². The summed E-state index contributed by atoms with van der Waals surface area (Å²) >= 11 is 0. The van der Waals surface area contributed by atoms with Gasteiger partial charge in [-0.15, -0.1) is 0 Å². The number of amides is 2. The molecular formula is C16H23N3O3. The molecule has 0 unspecified atom stereocenters. The zero-order valence-corrected chi connectivity index (χ0v) is 12.9. The van der Waals surface area contributed by atoms with Crippen molar-refractivity contribution in [2.45, 2.75) is 13.3 Å². The first-order valence-corrected chi connectivity index (χ1v) is 7.57. The quantitative estimate of drug-likeness (QED) is 0.762. The topological polar surface area (TPSA) is 70.7 Å². The number of hydrogen-bond donors (Lipinski definition) is 2. The molecule has 1 aromatic carbocycles. The summed E-state index contributed by atoms with van der Waals surface area (Å²) in [5, 5.41) is 5.50. The van der Waals surface area contributed by atoms with Crippen molar-refractivity contribution in [2.75, 3.05) is 44.7 Å². The largest absolute Gasteiger partial charge is 0.379 e. The molecule has 120 valence electrons. The molecule has 1 heterocycles. The lowest BCUT2D eigenvalue weighted by Crippen LogP contribution is -2.41. The van der Waals surface area contributed by atoms with E-state index < -0.39 is 0 Å². The smallest absolute Gasteiger partial charge is 0.233 e. The number of benzene rings is 1. The normalized spacial score (nSPS) is 15.3. The number of nitrogens with zero attached hydrogens (tertiary/aromatic N) is 1. The van der Waals surface area contributed by atoms with Gasteiger partial charge in [0, 0.05) is 31.9 Å². The molecule has 1 aliphatic rings. The molecule has 6 heteroatoms. The van der Waals surface area contributed by atoms with Crippen LogP contribution in [0.1, 0.15) is 12.0 Å². The van der Waals surface area contributed by atoms with Crippen molar-refractivity contribution in [1.29, 1.82) is 0 Å². The van der Waals surface area contributed by atoms with Crippen molar-refractivity contribution in [3.8, 4) is 0 Å². The molecule has 0 bridgehead atoms. The molecular weight excluding hydrogens is 282 g/mol. The van der Waals surface area contributed by atoms with Gasteiger partial charge in [0.25, 0.3) is 0 Å². The van der Waals surface area contributed by atoms with Gasteiger partial charge < -0.3 is 15.4 Å².